The number of halogens is 1. The summed E-state index contributed by atoms with van der Waals surface area (Å²) in [6, 6.07) is 0.135. The quantitative estimate of drug-likeness (QED) is 0.845. The van der Waals surface area contributed by atoms with Crippen LogP contribution in [0.3, 0.4) is 0 Å². The molecule has 0 saturated heterocycles. The zero-order chi connectivity index (χ0) is 13.0. The molecule has 1 unspecified atom stereocenters. The van der Waals surface area contributed by atoms with Crippen LogP contribution in [0.1, 0.15) is 24.7 Å². The van der Waals surface area contributed by atoms with Gasteiger partial charge in [0.1, 0.15) is 0 Å². The smallest absolute Gasteiger partial charge is 0.0847 e. The van der Waals surface area contributed by atoms with E-state index in [2.05, 4.69) is 31.0 Å². The molecule has 0 bridgehead atoms. The van der Waals surface area contributed by atoms with Crippen LogP contribution in [0, 0.1) is 6.92 Å². The molecule has 1 atom stereocenters. The highest BCUT2D eigenvalue weighted by molar-refractivity contribution is 6.31. The monoisotopic (exact) mass is 258 g/mol. The Bertz CT molecular complexity index is 360. The highest BCUT2D eigenvalue weighted by Crippen LogP contribution is 2.21. The van der Waals surface area contributed by atoms with Crippen LogP contribution in [0.25, 0.3) is 0 Å². The van der Waals surface area contributed by atoms with Crippen molar-refractivity contribution in [2.45, 2.75) is 39.3 Å². The Labute approximate surface area is 109 Å². The first kappa shape index (κ1) is 14.5. The Hall–Kier alpha value is -0.580. The van der Waals surface area contributed by atoms with Crippen molar-refractivity contribution in [2.75, 3.05) is 20.6 Å². The van der Waals surface area contributed by atoms with E-state index in [1.54, 1.807) is 0 Å². The fourth-order valence-corrected chi connectivity index (χ4v) is 2.05. The Morgan fingerprint density at radius 3 is 2.65 bits per heavy atom. The van der Waals surface area contributed by atoms with Crippen LogP contribution in [0.4, 0.5) is 0 Å². The van der Waals surface area contributed by atoms with Crippen LogP contribution in [0.2, 0.25) is 5.02 Å². The van der Waals surface area contributed by atoms with Gasteiger partial charge in [0.25, 0.3) is 0 Å². The molecule has 0 aliphatic heterocycles. The number of nitrogens with two attached hydrogens (primary N) is 1. The van der Waals surface area contributed by atoms with Crippen LogP contribution in [0.15, 0.2) is 0 Å². The van der Waals surface area contributed by atoms with Gasteiger partial charge in [-0.15, -0.1) is 0 Å². The van der Waals surface area contributed by atoms with Gasteiger partial charge >= 0.3 is 0 Å². The van der Waals surface area contributed by atoms with Crippen molar-refractivity contribution < 1.29 is 0 Å². The predicted octanol–water partition coefficient (Wildman–Crippen LogP) is 1.69. The highest BCUT2D eigenvalue weighted by atomic mass is 35.5. The van der Waals surface area contributed by atoms with Gasteiger partial charge in [0.05, 0.1) is 16.4 Å². The minimum absolute atomic E-state index is 0.135. The first-order valence-electron chi connectivity index (χ1n) is 6.07. The van der Waals surface area contributed by atoms with Crippen LogP contribution in [0.5, 0.6) is 0 Å². The second kappa shape index (κ2) is 6.38. The molecule has 0 aromatic carbocycles. The number of aryl methyl sites for hydroxylation is 2. The Morgan fingerprint density at radius 2 is 2.12 bits per heavy atom. The number of hydrogen-bond acceptors (Lipinski definition) is 3. The van der Waals surface area contributed by atoms with E-state index in [9.17, 15) is 0 Å². The molecule has 5 heteroatoms. The van der Waals surface area contributed by atoms with Crippen molar-refractivity contribution in [2.24, 2.45) is 5.73 Å². The lowest BCUT2D eigenvalue weighted by Crippen LogP contribution is -2.29. The molecule has 1 rings (SSSR count). The topological polar surface area (TPSA) is 47.1 Å². The van der Waals surface area contributed by atoms with Crippen molar-refractivity contribution >= 4 is 11.6 Å². The Balaban J connectivity index is 2.67. The Kier molecular flexibility index (Phi) is 5.43. The summed E-state index contributed by atoms with van der Waals surface area (Å²) >= 11 is 6.25. The third kappa shape index (κ3) is 3.98. The lowest BCUT2D eigenvalue weighted by molar-refractivity contribution is 0.377. The maximum Gasteiger partial charge on any atom is 0.0847 e. The molecule has 1 aromatic rings. The van der Waals surface area contributed by atoms with Crippen LogP contribution >= 0.6 is 11.6 Å². The van der Waals surface area contributed by atoms with Gasteiger partial charge in [-0.25, -0.2) is 0 Å². The van der Waals surface area contributed by atoms with Crippen molar-refractivity contribution in [1.82, 2.24) is 14.7 Å². The summed E-state index contributed by atoms with van der Waals surface area (Å²) in [6.07, 6.45) is 1.76. The number of hydrogen-bond donors (Lipinski definition) is 1. The molecule has 0 aliphatic rings. The van der Waals surface area contributed by atoms with Crippen LogP contribution < -0.4 is 5.73 Å². The fraction of sp³-hybridized carbons (Fsp3) is 0.750. The molecule has 17 heavy (non-hydrogen) atoms. The van der Waals surface area contributed by atoms with Gasteiger partial charge in [0.15, 0.2) is 0 Å². The predicted molar refractivity (Wildman–Crippen MR) is 72.5 cm³/mol. The molecular formula is C12H23ClN4. The number of rotatable bonds is 6. The molecule has 1 aromatic heterocycles. The minimum Gasteiger partial charge on any atom is -0.327 e. The van der Waals surface area contributed by atoms with E-state index in [-0.39, 0.29) is 6.04 Å². The van der Waals surface area contributed by atoms with Crippen molar-refractivity contribution in [3.8, 4) is 0 Å². The van der Waals surface area contributed by atoms with Gasteiger partial charge in [-0.05, 0) is 40.9 Å². The third-order valence-corrected chi connectivity index (χ3v) is 3.35. The molecule has 0 fully saturated rings. The Morgan fingerprint density at radius 1 is 1.47 bits per heavy atom. The first-order chi connectivity index (χ1) is 7.95. The van der Waals surface area contributed by atoms with E-state index in [4.69, 9.17) is 17.3 Å². The van der Waals surface area contributed by atoms with Gasteiger partial charge in [0, 0.05) is 19.0 Å². The minimum atomic E-state index is 0.135. The second-order valence-corrected chi connectivity index (χ2v) is 5.10. The summed E-state index contributed by atoms with van der Waals surface area (Å²) in [5.41, 5.74) is 8.09. The molecule has 2 N–H and O–H groups in total. The maximum atomic E-state index is 6.25. The normalized spacial score (nSPS) is 13.4. The number of nitrogens with zero attached hydrogens (tertiary/aromatic N) is 3. The molecule has 98 valence electrons. The lowest BCUT2D eigenvalue weighted by Gasteiger charge is -2.16. The summed E-state index contributed by atoms with van der Waals surface area (Å²) in [7, 11) is 4.11. The van der Waals surface area contributed by atoms with Gasteiger partial charge in [-0.3, -0.25) is 4.68 Å². The standard InChI is InChI=1S/C12H23ClN4/c1-5-17-11(12(13)9(2)15-17)8-10(14)6-7-16(3)4/h10H,5-8,14H2,1-4H3. The maximum absolute atomic E-state index is 6.25. The second-order valence-electron chi connectivity index (χ2n) is 4.72. The summed E-state index contributed by atoms with van der Waals surface area (Å²) in [6.45, 7) is 5.84. The van der Waals surface area contributed by atoms with E-state index in [0.29, 0.717) is 0 Å². The van der Waals surface area contributed by atoms with Crippen LogP contribution in [-0.2, 0) is 13.0 Å². The van der Waals surface area contributed by atoms with Crippen molar-refractivity contribution in [3.05, 3.63) is 16.4 Å². The van der Waals surface area contributed by atoms with Gasteiger partial charge in [0.2, 0.25) is 0 Å². The van der Waals surface area contributed by atoms with E-state index in [1.807, 2.05) is 11.6 Å². The molecule has 0 spiro atoms. The largest absolute Gasteiger partial charge is 0.327 e. The fourth-order valence-electron chi connectivity index (χ4n) is 1.84. The van der Waals surface area contributed by atoms with Crippen molar-refractivity contribution in [3.63, 3.8) is 0 Å². The van der Waals surface area contributed by atoms with Crippen LogP contribution in [-0.4, -0.2) is 41.4 Å². The molecular weight excluding hydrogens is 236 g/mol. The molecule has 0 aliphatic carbocycles. The zero-order valence-corrected chi connectivity index (χ0v) is 12.0. The highest BCUT2D eigenvalue weighted by Gasteiger charge is 2.15. The third-order valence-electron chi connectivity index (χ3n) is 2.86. The SMILES string of the molecule is CCn1nc(C)c(Cl)c1CC(N)CCN(C)C. The molecule has 0 amide bonds. The van der Waals surface area contributed by atoms with Gasteiger partial charge in [-0.2, -0.15) is 5.10 Å². The van der Waals surface area contributed by atoms with Gasteiger partial charge in [-0.1, -0.05) is 11.6 Å². The summed E-state index contributed by atoms with van der Waals surface area (Å²) in [5.74, 6) is 0. The zero-order valence-electron chi connectivity index (χ0n) is 11.2. The first-order valence-corrected chi connectivity index (χ1v) is 6.45. The average molecular weight is 259 g/mol. The molecule has 1 heterocycles. The lowest BCUT2D eigenvalue weighted by atomic mass is 10.1. The molecule has 4 nitrogen and oxygen atoms in total. The van der Waals surface area contributed by atoms with E-state index in [0.717, 1.165) is 42.3 Å². The molecule has 0 saturated carbocycles. The average Bonchev–Trinajstić information content (AvgIpc) is 2.54. The van der Waals surface area contributed by atoms with Crippen molar-refractivity contribution in [1.29, 1.82) is 0 Å². The van der Waals surface area contributed by atoms with E-state index < -0.39 is 0 Å². The summed E-state index contributed by atoms with van der Waals surface area (Å²) < 4.78 is 1.95. The van der Waals surface area contributed by atoms with E-state index in [1.165, 1.54) is 0 Å². The van der Waals surface area contributed by atoms with E-state index >= 15 is 0 Å². The number of aromatic nitrogens is 2. The molecule has 0 radical (unpaired) electrons. The summed E-state index contributed by atoms with van der Waals surface area (Å²) in [4.78, 5) is 2.14. The summed E-state index contributed by atoms with van der Waals surface area (Å²) in [5, 5.41) is 5.17. The van der Waals surface area contributed by atoms with Gasteiger partial charge < -0.3 is 10.6 Å².